The molecule has 2 fully saturated rings. The summed E-state index contributed by atoms with van der Waals surface area (Å²) >= 11 is 0. The number of likely N-dealkylation sites (tertiary alicyclic amines) is 1. The number of nitrogens with one attached hydrogen (secondary N) is 1. The molecule has 1 N–H and O–H groups in total. The lowest BCUT2D eigenvalue weighted by atomic mass is 9.70. The predicted molar refractivity (Wildman–Crippen MR) is 94.0 cm³/mol. The first-order valence-electron chi connectivity index (χ1n) is 9.40. The summed E-state index contributed by atoms with van der Waals surface area (Å²) in [6.07, 6.45) is 10.2. The second-order valence-corrected chi connectivity index (χ2v) is 7.43. The van der Waals surface area contributed by atoms with Crippen LogP contribution >= 0.6 is 0 Å². The van der Waals surface area contributed by atoms with Crippen molar-refractivity contribution >= 4 is 0 Å². The summed E-state index contributed by atoms with van der Waals surface area (Å²) in [5.41, 5.74) is 1.31. The number of nitrogens with zero attached hydrogens (tertiary/aromatic N) is 1. The van der Waals surface area contributed by atoms with Crippen LogP contribution in [0.15, 0.2) is 24.3 Å². The minimum absolute atomic E-state index is 0.0859. The van der Waals surface area contributed by atoms with Gasteiger partial charge in [-0.25, -0.2) is 4.39 Å². The summed E-state index contributed by atoms with van der Waals surface area (Å²) in [6, 6.07) is 7.41. The third-order valence-electron chi connectivity index (χ3n) is 6.04. The fraction of sp³-hybridized carbons (Fsp3) is 0.700. The molecular formula is C20H31FN2. The normalized spacial score (nSPS) is 29.0. The largest absolute Gasteiger partial charge is 0.320 e. The van der Waals surface area contributed by atoms with Crippen molar-refractivity contribution in [3.8, 4) is 0 Å². The van der Waals surface area contributed by atoms with Gasteiger partial charge in [-0.1, -0.05) is 12.1 Å². The summed E-state index contributed by atoms with van der Waals surface area (Å²) in [6.45, 7) is 3.49. The Morgan fingerprint density at radius 3 is 2.61 bits per heavy atom. The Morgan fingerprint density at radius 1 is 1.22 bits per heavy atom. The van der Waals surface area contributed by atoms with Gasteiger partial charge in [-0.15, -0.1) is 0 Å². The molecule has 0 bridgehead atoms. The molecule has 1 aromatic rings. The highest BCUT2D eigenvalue weighted by molar-refractivity contribution is 5.27. The Labute approximate surface area is 140 Å². The fourth-order valence-corrected chi connectivity index (χ4v) is 4.72. The van der Waals surface area contributed by atoms with E-state index in [2.05, 4.69) is 16.3 Å². The van der Waals surface area contributed by atoms with Crippen LogP contribution in [0, 0.1) is 11.7 Å². The molecule has 3 heteroatoms. The molecule has 0 unspecified atom stereocenters. The zero-order valence-corrected chi connectivity index (χ0v) is 14.5. The van der Waals surface area contributed by atoms with E-state index in [1.807, 2.05) is 13.1 Å². The minimum Gasteiger partial charge on any atom is -0.320 e. The van der Waals surface area contributed by atoms with Gasteiger partial charge in [0.05, 0.1) is 0 Å². The van der Waals surface area contributed by atoms with Gasteiger partial charge in [0.25, 0.3) is 0 Å². The Hall–Kier alpha value is -0.930. The minimum atomic E-state index is -0.0859. The summed E-state index contributed by atoms with van der Waals surface area (Å²) in [7, 11) is 2.03. The average molecular weight is 318 g/mol. The van der Waals surface area contributed by atoms with E-state index in [4.69, 9.17) is 0 Å². The van der Waals surface area contributed by atoms with E-state index < -0.39 is 0 Å². The lowest BCUT2D eigenvalue weighted by Crippen LogP contribution is -2.47. The van der Waals surface area contributed by atoms with Crippen LogP contribution in [0.3, 0.4) is 0 Å². The molecule has 0 spiro atoms. The van der Waals surface area contributed by atoms with E-state index in [1.54, 1.807) is 12.1 Å². The molecule has 1 aliphatic carbocycles. The molecule has 1 aliphatic heterocycles. The molecular weight excluding hydrogens is 287 g/mol. The van der Waals surface area contributed by atoms with Gasteiger partial charge < -0.3 is 5.32 Å². The maximum atomic E-state index is 13.8. The van der Waals surface area contributed by atoms with Gasteiger partial charge in [-0.05, 0) is 102 Å². The van der Waals surface area contributed by atoms with Gasteiger partial charge in [-0.3, -0.25) is 4.90 Å². The van der Waals surface area contributed by atoms with Gasteiger partial charge >= 0.3 is 0 Å². The average Bonchev–Trinajstić information content (AvgIpc) is 3.11. The van der Waals surface area contributed by atoms with E-state index >= 15 is 0 Å². The number of hydrogen-bond donors (Lipinski definition) is 1. The van der Waals surface area contributed by atoms with Crippen molar-refractivity contribution in [1.29, 1.82) is 0 Å². The molecule has 2 aliphatic rings. The number of halogens is 1. The van der Waals surface area contributed by atoms with Crippen LogP contribution in [0.25, 0.3) is 0 Å². The summed E-state index contributed by atoms with van der Waals surface area (Å²) < 4.78 is 13.8. The zero-order valence-electron chi connectivity index (χ0n) is 14.5. The molecule has 128 valence electrons. The molecule has 1 aromatic carbocycles. The monoisotopic (exact) mass is 318 g/mol. The maximum Gasteiger partial charge on any atom is 0.123 e. The third-order valence-corrected chi connectivity index (χ3v) is 6.04. The molecule has 0 atom stereocenters. The van der Waals surface area contributed by atoms with Gasteiger partial charge in [0.1, 0.15) is 5.82 Å². The van der Waals surface area contributed by atoms with Gasteiger partial charge in [0.15, 0.2) is 0 Å². The standard InChI is InChI=1S/C20H31FN2/c1-22-13-5-6-17-9-11-20(12-10-17,23-14-2-3-15-23)18-7-4-8-19(21)16-18/h4,7-8,16-17,22H,2-3,5-6,9-15H2,1H3. The molecule has 1 heterocycles. The first kappa shape index (κ1) is 16.9. The zero-order chi connectivity index (χ0) is 16.1. The predicted octanol–water partition coefficient (Wildman–Crippen LogP) is 4.31. The van der Waals surface area contributed by atoms with Gasteiger partial charge in [0.2, 0.25) is 0 Å². The van der Waals surface area contributed by atoms with Crippen molar-refractivity contribution in [2.45, 2.75) is 56.9 Å². The Bertz CT molecular complexity index is 488. The van der Waals surface area contributed by atoms with Crippen molar-refractivity contribution in [3.05, 3.63) is 35.6 Å². The molecule has 23 heavy (non-hydrogen) atoms. The second-order valence-electron chi connectivity index (χ2n) is 7.43. The molecule has 2 nitrogen and oxygen atoms in total. The van der Waals surface area contributed by atoms with Gasteiger partial charge in [0, 0.05) is 5.54 Å². The van der Waals surface area contributed by atoms with Crippen molar-refractivity contribution in [1.82, 2.24) is 10.2 Å². The van der Waals surface area contributed by atoms with Crippen LogP contribution in [0.2, 0.25) is 0 Å². The van der Waals surface area contributed by atoms with Crippen molar-refractivity contribution in [2.75, 3.05) is 26.7 Å². The molecule has 1 saturated heterocycles. The van der Waals surface area contributed by atoms with E-state index in [0.29, 0.717) is 0 Å². The highest BCUT2D eigenvalue weighted by Gasteiger charge is 2.42. The van der Waals surface area contributed by atoms with E-state index in [0.717, 1.165) is 12.5 Å². The highest BCUT2D eigenvalue weighted by Crippen LogP contribution is 2.46. The summed E-state index contributed by atoms with van der Waals surface area (Å²) in [4.78, 5) is 2.66. The number of benzene rings is 1. The Balaban J connectivity index is 1.73. The van der Waals surface area contributed by atoms with Crippen molar-refractivity contribution in [2.24, 2.45) is 5.92 Å². The molecule has 0 amide bonds. The van der Waals surface area contributed by atoms with Crippen molar-refractivity contribution in [3.63, 3.8) is 0 Å². The third kappa shape index (κ3) is 3.77. The summed E-state index contributed by atoms with van der Waals surface area (Å²) in [5, 5.41) is 3.25. The van der Waals surface area contributed by atoms with Crippen LogP contribution in [-0.2, 0) is 5.54 Å². The van der Waals surface area contributed by atoms with Crippen LogP contribution in [0.5, 0.6) is 0 Å². The maximum absolute atomic E-state index is 13.8. The van der Waals surface area contributed by atoms with E-state index in [9.17, 15) is 4.39 Å². The highest BCUT2D eigenvalue weighted by atomic mass is 19.1. The Morgan fingerprint density at radius 2 is 1.96 bits per heavy atom. The smallest absolute Gasteiger partial charge is 0.123 e. The van der Waals surface area contributed by atoms with Crippen LogP contribution in [0.1, 0.15) is 56.9 Å². The fourth-order valence-electron chi connectivity index (χ4n) is 4.72. The van der Waals surface area contributed by atoms with Crippen LogP contribution < -0.4 is 5.32 Å². The van der Waals surface area contributed by atoms with E-state index in [-0.39, 0.29) is 11.4 Å². The van der Waals surface area contributed by atoms with E-state index in [1.165, 1.54) is 70.0 Å². The number of hydrogen-bond acceptors (Lipinski definition) is 2. The second kappa shape index (κ2) is 7.76. The molecule has 0 radical (unpaired) electrons. The molecule has 3 rings (SSSR count). The molecule has 1 saturated carbocycles. The molecule has 0 aromatic heterocycles. The lowest BCUT2D eigenvalue weighted by molar-refractivity contribution is 0.0506. The first-order valence-corrected chi connectivity index (χ1v) is 9.40. The first-order chi connectivity index (χ1) is 11.2. The van der Waals surface area contributed by atoms with Gasteiger partial charge in [-0.2, -0.15) is 0 Å². The van der Waals surface area contributed by atoms with Crippen LogP contribution in [0.4, 0.5) is 4.39 Å². The quantitative estimate of drug-likeness (QED) is 0.786. The van der Waals surface area contributed by atoms with Crippen molar-refractivity contribution < 1.29 is 4.39 Å². The number of rotatable bonds is 6. The lowest BCUT2D eigenvalue weighted by Gasteiger charge is -2.47. The topological polar surface area (TPSA) is 15.3 Å². The SMILES string of the molecule is CNCCCC1CCC(c2cccc(F)c2)(N2CCCC2)CC1. The summed E-state index contributed by atoms with van der Waals surface area (Å²) in [5.74, 6) is 0.768. The van der Waals surface area contributed by atoms with Crippen LogP contribution in [-0.4, -0.2) is 31.6 Å². The Kier molecular flexibility index (Phi) is 5.71.